The van der Waals surface area contributed by atoms with Gasteiger partial charge in [0.1, 0.15) is 17.5 Å². The van der Waals surface area contributed by atoms with Gasteiger partial charge in [0.05, 0.1) is 19.8 Å². The zero-order valence-electron chi connectivity index (χ0n) is 17.0. The summed E-state index contributed by atoms with van der Waals surface area (Å²) in [6, 6.07) is 6.45. The SMILES string of the molecule is COc1cccc(C(=O)N2[C@@H](C(=O)NC[C@@H]3CCCO3)COC23CCCCC3)c1. The van der Waals surface area contributed by atoms with Crippen molar-refractivity contribution in [2.45, 2.75) is 62.8 Å². The van der Waals surface area contributed by atoms with Crippen molar-refractivity contribution in [3.63, 3.8) is 0 Å². The molecule has 2 atom stereocenters. The van der Waals surface area contributed by atoms with Gasteiger partial charge in [-0.15, -0.1) is 0 Å². The first-order valence-electron chi connectivity index (χ1n) is 10.6. The van der Waals surface area contributed by atoms with Gasteiger partial charge in [0, 0.05) is 18.7 Å². The largest absolute Gasteiger partial charge is 0.497 e. The molecule has 158 valence electrons. The van der Waals surface area contributed by atoms with Crippen molar-refractivity contribution >= 4 is 11.8 Å². The van der Waals surface area contributed by atoms with Crippen LogP contribution >= 0.6 is 0 Å². The Hall–Kier alpha value is -2.12. The number of nitrogens with zero attached hydrogens (tertiary/aromatic N) is 1. The second kappa shape index (κ2) is 8.71. The molecule has 0 radical (unpaired) electrons. The Kier molecular flexibility index (Phi) is 6.06. The Morgan fingerprint density at radius 3 is 2.79 bits per heavy atom. The molecular formula is C22H30N2O5. The number of carbonyl (C=O) groups excluding carboxylic acids is 2. The predicted molar refractivity (Wildman–Crippen MR) is 107 cm³/mol. The van der Waals surface area contributed by atoms with E-state index in [9.17, 15) is 9.59 Å². The van der Waals surface area contributed by atoms with Gasteiger partial charge in [0.2, 0.25) is 5.91 Å². The Balaban J connectivity index is 1.56. The number of carbonyl (C=O) groups is 2. The maximum atomic E-state index is 13.5. The maximum absolute atomic E-state index is 13.5. The standard InChI is InChI=1S/C22H30N2O5/c1-27-17-8-5-7-16(13-17)21(26)24-19(15-29-22(24)10-3-2-4-11-22)20(25)23-14-18-9-6-12-28-18/h5,7-8,13,18-19H,2-4,6,9-12,14-15H2,1H3,(H,23,25)/t18-,19+/m0/s1. The van der Waals surface area contributed by atoms with E-state index >= 15 is 0 Å². The average molecular weight is 402 g/mol. The fourth-order valence-electron chi connectivity index (χ4n) is 4.70. The molecule has 2 aliphatic heterocycles. The fourth-order valence-corrected chi connectivity index (χ4v) is 4.70. The third kappa shape index (κ3) is 4.12. The summed E-state index contributed by atoms with van der Waals surface area (Å²) >= 11 is 0. The van der Waals surface area contributed by atoms with Crippen LogP contribution in [-0.4, -0.2) is 61.5 Å². The number of methoxy groups -OCH3 is 1. The number of rotatable bonds is 5. The van der Waals surface area contributed by atoms with Crippen molar-refractivity contribution in [1.82, 2.24) is 10.2 Å². The third-order valence-corrected chi connectivity index (χ3v) is 6.26. The van der Waals surface area contributed by atoms with Gasteiger partial charge in [0.25, 0.3) is 5.91 Å². The minimum absolute atomic E-state index is 0.0625. The van der Waals surface area contributed by atoms with Gasteiger partial charge in [-0.2, -0.15) is 0 Å². The molecule has 3 aliphatic rings. The summed E-state index contributed by atoms with van der Waals surface area (Å²) < 4.78 is 17.1. The summed E-state index contributed by atoms with van der Waals surface area (Å²) in [5.74, 6) is 0.271. The summed E-state index contributed by atoms with van der Waals surface area (Å²) in [6.07, 6.45) is 6.68. The highest BCUT2D eigenvalue weighted by molar-refractivity contribution is 5.98. The van der Waals surface area contributed by atoms with Crippen LogP contribution in [0.5, 0.6) is 5.75 Å². The molecule has 3 fully saturated rings. The van der Waals surface area contributed by atoms with Crippen molar-refractivity contribution in [2.75, 3.05) is 26.9 Å². The zero-order valence-corrected chi connectivity index (χ0v) is 17.0. The highest BCUT2D eigenvalue weighted by Crippen LogP contribution is 2.41. The smallest absolute Gasteiger partial charge is 0.257 e. The molecule has 2 saturated heterocycles. The van der Waals surface area contributed by atoms with Crippen LogP contribution in [0.15, 0.2) is 24.3 Å². The lowest BCUT2D eigenvalue weighted by Gasteiger charge is -2.41. The van der Waals surface area contributed by atoms with E-state index in [4.69, 9.17) is 14.2 Å². The zero-order chi connectivity index (χ0) is 20.3. The Labute approximate surface area is 171 Å². The van der Waals surface area contributed by atoms with Gasteiger partial charge >= 0.3 is 0 Å². The van der Waals surface area contributed by atoms with E-state index in [-0.39, 0.29) is 24.5 Å². The molecule has 2 heterocycles. The first-order chi connectivity index (χ1) is 14.1. The summed E-state index contributed by atoms with van der Waals surface area (Å²) in [4.78, 5) is 28.3. The molecule has 0 bridgehead atoms. The van der Waals surface area contributed by atoms with Gasteiger partial charge in [0.15, 0.2) is 0 Å². The quantitative estimate of drug-likeness (QED) is 0.819. The molecular weight excluding hydrogens is 372 g/mol. The first-order valence-corrected chi connectivity index (χ1v) is 10.6. The van der Waals surface area contributed by atoms with Crippen LogP contribution in [0.3, 0.4) is 0 Å². The molecule has 1 aliphatic carbocycles. The van der Waals surface area contributed by atoms with Crippen molar-refractivity contribution in [2.24, 2.45) is 0 Å². The number of ether oxygens (including phenoxy) is 3. The van der Waals surface area contributed by atoms with Crippen LogP contribution < -0.4 is 10.1 Å². The van der Waals surface area contributed by atoms with Crippen LogP contribution in [0.2, 0.25) is 0 Å². The van der Waals surface area contributed by atoms with Crippen molar-refractivity contribution in [3.05, 3.63) is 29.8 Å². The lowest BCUT2D eigenvalue weighted by atomic mass is 9.89. The minimum Gasteiger partial charge on any atom is -0.497 e. The number of nitrogens with one attached hydrogen (secondary N) is 1. The normalized spacial score (nSPS) is 25.9. The summed E-state index contributed by atoms with van der Waals surface area (Å²) in [5.41, 5.74) is -0.179. The minimum atomic E-state index is -0.690. The van der Waals surface area contributed by atoms with Gasteiger partial charge in [-0.05, 0) is 56.7 Å². The summed E-state index contributed by atoms with van der Waals surface area (Å²) in [7, 11) is 1.58. The molecule has 4 rings (SSSR count). The Bertz CT molecular complexity index is 740. The van der Waals surface area contributed by atoms with Crippen LogP contribution in [-0.2, 0) is 14.3 Å². The predicted octanol–water partition coefficient (Wildman–Crippen LogP) is 2.49. The monoisotopic (exact) mass is 402 g/mol. The average Bonchev–Trinajstić information content (AvgIpc) is 3.40. The van der Waals surface area contributed by atoms with Gasteiger partial charge in [-0.25, -0.2) is 0 Å². The highest BCUT2D eigenvalue weighted by Gasteiger charge is 2.53. The maximum Gasteiger partial charge on any atom is 0.257 e. The lowest BCUT2D eigenvalue weighted by molar-refractivity contribution is -0.127. The van der Waals surface area contributed by atoms with E-state index in [1.54, 1.807) is 36.3 Å². The number of benzene rings is 1. The Morgan fingerprint density at radius 2 is 2.07 bits per heavy atom. The van der Waals surface area contributed by atoms with Crippen LogP contribution in [0.1, 0.15) is 55.3 Å². The fraction of sp³-hybridized carbons (Fsp3) is 0.636. The lowest BCUT2D eigenvalue weighted by Crippen LogP contribution is -2.56. The molecule has 1 aromatic rings. The van der Waals surface area contributed by atoms with E-state index in [1.807, 2.05) is 0 Å². The second-order valence-corrected chi connectivity index (χ2v) is 8.12. The second-order valence-electron chi connectivity index (χ2n) is 8.12. The summed E-state index contributed by atoms with van der Waals surface area (Å²) in [5, 5.41) is 2.98. The van der Waals surface area contributed by atoms with E-state index in [1.165, 1.54) is 0 Å². The van der Waals surface area contributed by atoms with Gasteiger partial charge < -0.3 is 19.5 Å². The number of amides is 2. The molecule has 1 saturated carbocycles. The van der Waals surface area contributed by atoms with E-state index in [0.717, 1.165) is 51.6 Å². The van der Waals surface area contributed by atoms with Crippen LogP contribution in [0.25, 0.3) is 0 Å². The highest BCUT2D eigenvalue weighted by atomic mass is 16.5. The molecule has 1 spiro atoms. The summed E-state index contributed by atoms with van der Waals surface area (Å²) in [6.45, 7) is 1.45. The molecule has 0 aromatic heterocycles. The van der Waals surface area contributed by atoms with Crippen LogP contribution in [0.4, 0.5) is 0 Å². The molecule has 2 amide bonds. The molecule has 7 heteroatoms. The van der Waals surface area contributed by atoms with Crippen molar-refractivity contribution in [3.8, 4) is 5.75 Å². The molecule has 29 heavy (non-hydrogen) atoms. The van der Waals surface area contributed by atoms with Crippen molar-refractivity contribution < 1.29 is 23.8 Å². The molecule has 7 nitrogen and oxygen atoms in total. The number of hydrogen-bond donors (Lipinski definition) is 1. The van der Waals surface area contributed by atoms with E-state index in [0.29, 0.717) is 17.9 Å². The van der Waals surface area contributed by atoms with Gasteiger partial charge in [-0.3, -0.25) is 14.5 Å². The molecule has 1 N–H and O–H groups in total. The Morgan fingerprint density at radius 1 is 1.24 bits per heavy atom. The topological polar surface area (TPSA) is 77.1 Å². The molecule has 0 unspecified atom stereocenters. The molecule has 1 aromatic carbocycles. The third-order valence-electron chi connectivity index (χ3n) is 6.26. The first kappa shape index (κ1) is 20.2. The number of hydrogen-bond acceptors (Lipinski definition) is 5. The van der Waals surface area contributed by atoms with E-state index < -0.39 is 11.8 Å². The van der Waals surface area contributed by atoms with Crippen LogP contribution in [0, 0.1) is 0 Å². The van der Waals surface area contributed by atoms with E-state index in [2.05, 4.69) is 5.32 Å². The van der Waals surface area contributed by atoms with Crippen molar-refractivity contribution in [1.29, 1.82) is 0 Å². The van der Waals surface area contributed by atoms with Gasteiger partial charge in [-0.1, -0.05) is 12.5 Å².